The maximum Gasteiger partial charge on any atom is 0.331 e. The lowest BCUT2D eigenvalue weighted by atomic mass is 9.90. The minimum atomic E-state index is -0.508. The van der Waals surface area contributed by atoms with Crippen LogP contribution in [0.1, 0.15) is 45.5 Å². The van der Waals surface area contributed by atoms with E-state index in [9.17, 15) is 9.59 Å². The lowest BCUT2D eigenvalue weighted by Crippen LogP contribution is -2.13. The average molecular weight is 334 g/mol. The van der Waals surface area contributed by atoms with Gasteiger partial charge >= 0.3 is 5.97 Å². The number of carbonyl (C=O) groups excluding carboxylic acids is 2. The van der Waals surface area contributed by atoms with Gasteiger partial charge in [-0.1, -0.05) is 42.0 Å². The largest absolute Gasteiger partial charge is 0.454 e. The molecule has 2 aromatic carbocycles. The van der Waals surface area contributed by atoms with Crippen molar-refractivity contribution in [1.82, 2.24) is 0 Å². The summed E-state index contributed by atoms with van der Waals surface area (Å²) in [6, 6.07) is 13.6. The van der Waals surface area contributed by atoms with E-state index >= 15 is 0 Å². The smallest absolute Gasteiger partial charge is 0.331 e. The van der Waals surface area contributed by atoms with Gasteiger partial charge in [-0.25, -0.2) is 4.79 Å². The lowest BCUT2D eigenvalue weighted by Gasteiger charge is -2.16. The molecule has 0 aromatic heterocycles. The molecule has 0 unspecified atom stereocenters. The minimum Gasteiger partial charge on any atom is -0.454 e. The molecule has 0 bridgehead atoms. The van der Waals surface area contributed by atoms with Gasteiger partial charge in [0, 0.05) is 11.6 Å². The first-order valence-corrected chi connectivity index (χ1v) is 8.68. The summed E-state index contributed by atoms with van der Waals surface area (Å²) >= 11 is 0. The molecular weight excluding hydrogens is 312 g/mol. The maximum absolute atomic E-state index is 12.2. The molecule has 1 aliphatic carbocycles. The molecule has 0 aliphatic heterocycles. The first-order valence-electron chi connectivity index (χ1n) is 8.68. The Morgan fingerprint density at radius 3 is 2.48 bits per heavy atom. The zero-order chi connectivity index (χ0) is 17.6. The topological polar surface area (TPSA) is 43.4 Å². The van der Waals surface area contributed by atoms with Gasteiger partial charge in [-0.3, -0.25) is 4.79 Å². The average Bonchev–Trinajstić information content (AvgIpc) is 2.65. The maximum atomic E-state index is 12.2. The van der Waals surface area contributed by atoms with Crippen LogP contribution in [0.15, 0.2) is 48.5 Å². The number of benzene rings is 2. The number of ether oxygens (including phenoxy) is 1. The molecule has 0 amide bonds. The van der Waals surface area contributed by atoms with Crippen molar-refractivity contribution >= 4 is 17.8 Å². The molecule has 25 heavy (non-hydrogen) atoms. The highest BCUT2D eigenvalue weighted by molar-refractivity contribution is 5.99. The monoisotopic (exact) mass is 334 g/mol. The fourth-order valence-electron chi connectivity index (χ4n) is 3.02. The van der Waals surface area contributed by atoms with Crippen LogP contribution >= 0.6 is 0 Å². The highest BCUT2D eigenvalue weighted by Crippen LogP contribution is 2.22. The van der Waals surface area contributed by atoms with Gasteiger partial charge in [-0.05, 0) is 61.4 Å². The molecule has 3 nitrogen and oxygen atoms in total. The SMILES string of the molecule is Cc1ccc(/C=C/C(=O)OCC(=O)c2ccc3c(c2)CCCC3)cc1. The van der Waals surface area contributed by atoms with E-state index in [-0.39, 0.29) is 12.4 Å². The molecule has 128 valence electrons. The van der Waals surface area contributed by atoms with Crippen molar-refractivity contribution in [3.05, 3.63) is 76.4 Å². The van der Waals surface area contributed by atoms with E-state index in [1.165, 1.54) is 30.0 Å². The number of carbonyl (C=O) groups is 2. The minimum absolute atomic E-state index is 0.162. The number of aryl methyl sites for hydroxylation is 3. The van der Waals surface area contributed by atoms with Gasteiger partial charge in [0.05, 0.1) is 0 Å². The van der Waals surface area contributed by atoms with Crippen molar-refractivity contribution in [1.29, 1.82) is 0 Å². The van der Waals surface area contributed by atoms with Gasteiger partial charge in [-0.2, -0.15) is 0 Å². The Labute approximate surface area is 148 Å². The van der Waals surface area contributed by atoms with E-state index in [2.05, 4.69) is 0 Å². The second-order valence-electron chi connectivity index (χ2n) is 6.47. The Balaban J connectivity index is 1.54. The molecule has 0 N–H and O–H groups in total. The van der Waals surface area contributed by atoms with Crippen LogP contribution in [0, 0.1) is 6.92 Å². The first-order chi connectivity index (χ1) is 12.1. The van der Waals surface area contributed by atoms with E-state index in [0.717, 1.165) is 24.0 Å². The van der Waals surface area contributed by atoms with Crippen molar-refractivity contribution in [3.8, 4) is 0 Å². The Kier molecular flexibility index (Phi) is 5.44. The van der Waals surface area contributed by atoms with Gasteiger partial charge in [0.25, 0.3) is 0 Å². The molecule has 0 saturated carbocycles. The summed E-state index contributed by atoms with van der Waals surface area (Å²) in [4.78, 5) is 24.0. The quantitative estimate of drug-likeness (QED) is 0.465. The molecule has 0 spiro atoms. The normalized spacial score (nSPS) is 13.5. The van der Waals surface area contributed by atoms with E-state index in [1.54, 1.807) is 6.08 Å². The first kappa shape index (κ1) is 17.2. The molecule has 0 atom stereocenters. The summed E-state index contributed by atoms with van der Waals surface area (Å²) in [7, 11) is 0. The summed E-state index contributed by atoms with van der Waals surface area (Å²) in [6.45, 7) is 1.78. The molecule has 0 radical (unpaired) electrons. The van der Waals surface area contributed by atoms with Crippen LogP contribution in [0.4, 0.5) is 0 Å². The number of ketones is 1. The number of Topliss-reactive ketones (excluding diaryl/α,β-unsaturated/α-hetero) is 1. The molecular formula is C22H22O3. The highest BCUT2D eigenvalue weighted by Gasteiger charge is 2.13. The molecule has 0 fully saturated rings. The van der Waals surface area contributed by atoms with Gasteiger partial charge in [-0.15, -0.1) is 0 Å². The Hall–Kier alpha value is -2.68. The van der Waals surface area contributed by atoms with Crippen molar-refractivity contribution in [2.24, 2.45) is 0 Å². The third kappa shape index (κ3) is 4.66. The summed E-state index contributed by atoms with van der Waals surface area (Å²) in [5, 5.41) is 0. The number of esters is 1. The lowest BCUT2D eigenvalue weighted by molar-refractivity contribution is -0.136. The summed E-state index contributed by atoms with van der Waals surface area (Å²) in [5.41, 5.74) is 5.29. The van der Waals surface area contributed by atoms with Crippen LogP contribution in [0.25, 0.3) is 6.08 Å². The van der Waals surface area contributed by atoms with Crippen LogP contribution < -0.4 is 0 Å². The Morgan fingerprint density at radius 2 is 1.72 bits per heavy atom. The zero-order valence-electron chi connectivity index (χ0n) is 14.5. The van der Waals surface area contributed by atoms with Gasteiger partial charge in [0.15, 0.2) is 12.4 Å². The second-order valence-corrected chi connectivity index (χ2v) is 6.47. The predicted octanol–water partition coefficient (Wildman–Crippen LogP) is 4.31. The third-order valence-corrected chi connectivity index (χ3v) is 4.51. The van der Waals surface area contributed by atoms with Crippen LogP contribution in [0.3, 0.4) is 0 Å². The van der Waals surface area contributed by atoms with Crippen molar-refractivity contribution in [3.63, 3.8) is 0 Å². The molecule has 3 rings (SSSR count). The standard InChI is InChI=1S/C22H22O3/c1-16-6-8-17(9-7-16)10-13-22(24)25-15-21(23)20-12-11-18-4-2-3-5-19(18)14-20/h6-14H,2-5,15H2,1H3/b13-10+. The van der Waals surface area contributed by atoms with Gasteiger partial charge in [0.2, 0.25) is 0 Å². The molecule has 0 heterocycles. The van der Waals surface area contributed by atoms with Crippen molar-refractivity contribution in [2.75, 3.05) is 6.61 Å². The van der Waals surface area contributed by atoms with Crippen LogP contribution in [-0.2, 0) is 22.4 Å². The van der Waals surface area contributed by atoms with E-state index in [1.807, 2.05) is 49.4 Å². The predicted molar refractivity (Wildman–Crippen MR) is 98.6 cm³/mol. The second kappa shape index (κ2) is 7.93. The van der Waals surface area contributed by atoms with Crippen LogP contribution in [0.5, 0.6) is 0 Å². The van der Waals surface area contributed by atoms with Gasteiger partial charge in [0.1, 0.15) is 0 Å². The van der Waals surface area contributed by atoms with Crippen molar-refractivity contribution < 1.29 is 14.3 Å². The molecule has 2 aromatic rings. The summed E-state index contributed by atoms with van der Waals surface area (Å²) in [5.74, 6) is -0.669. The Morgan fingerprint density at radius 1 is 1.00 bits per heavy atom. The van der Waals surface area contributed by atoms with E-state index in [4.69, 9.17) is 4.74 Å². The zero-order valence-corrected chi connectivity index (χ0v) is 14.5. The summed E-state index contributed by atoms with van der Waals surface area (Å²) in [6.07, 6.45) is 7.53. The number of hydrogen-bond donors (Lipinski definition) is 0. The highest BCUT2D eigenvalue weighted by atomic mass is 16.5. The number of fused-ring (bicyclic) bond motifs is 1. The van der Waals surface area contributed by atoms with Crippen LogP contribution in [0.2, 0.25) is 0 Å². The number of rotatable bonds is 5. The number of hydrogen-bond acceptors (Lipinski definition) is 3. The van der Waals surface area contributed by atoms with Crippen molar-refractivity contribution in [2.45, 2.75) is 32.6 Å². The van der Waals surface area contributed by atoms with E-state index < -0.39 is 5.97 Å². The Bertz CT molecular complexity index is 801. The molecule has 3 heteroatoms. The van der Waals surface area contributed by atoms with Gasteiger partial charge < -0.3 is 4.74 Å². The third-order valence-electron chi connectivity index (χ3n) is 4.51. The molecule has 1 aliphatic rings. The van der Waals surface area contributed by atoms with E-state index in [0.29, 0.717) is 5.56 Å². The molecule has 0 saturated heterocycles. The fourth-order valence-corrected chi connectivity index (χ4v) is 3.02. The van der Waals surface area contributed by atoms with Crippen LogP contribution in [-0.4, -0.2) is 18.4 Å². The fraction of sp³-hybridized carbons (Fsp3) is 0.273. The summed E-state index contributed by atoms with van der Waals surface area (Å²) < 4.78 is 5.07.